The molecule has 0 aliphatic rings. The summed E-state index contributed by atoms with van der Waals surface area (Å²) in [5.41, 5.74) is 7.72. The minimum Gasteiger partial charge on any atom is -0.490 e. The number of nitrogen functional groups attached to an aromatic ring is 1. The molecule has 41 heavy (non-hydrogen) atoms. The molecule has 0 saturated heterocycles. The topological polar surface area (TPSA) is 74.7 Å². The molecular formula is C35H60N4O2. The van der Waals surface area contributed by atoms with Gasteiger partial charge in [-0.05, 0) is 43.5 Å². The van der Waals surface area contributed by atoms with E-state index in [-0.39, 0.29) is 0 Å². The van der Waals surface area contributed by atoms with Crippen molar-refractivity contribution in [3.05, 3.63) is 35.7 Å². The maximum absolute atomic E-state index is 6.25. The maximum Gasteiger partial charge on any atom is 0.221 e. The lowest BCUT2D eigenvalue weighted by Gasteiger charge is -2.14. The third kappa shape index (κ3) is 16.5. The van der Waals surface area contributed by atoms with Crippen molar-refractivity contribution in [2.45, 2.75) is 149 Å². The van der Waals surface area contributed by atoms with Crippen LogP contribution < -0.4 is 15.2 Å². The van der Waals surface area contributed by atoms with E-state index in [4.69, 9.17) is 15.2 Å². The second-order valence-electron chi connectivity index (χ2n) is 11.6. The van der Waals surface area contributed by atoms with Crippen LogP contribution in [0.5, 0.6) is 11.5 Å². The summed E-state index contributed by atoms with van der Waals surface area (Å²) >= 11 is 0. The number of imidazole rings is 1. The van der Waals surface area contributed by atoms with Gasteiger partial charge in [0.15, 0.2) is 11.5 Å². The number of benzene rings is 1. The number of aryl methyl sites for hydroxylation is 1. The Morgan fingerprint density at radius 1 is 0.683 bits per heavy atom. The van der Waals surface area contributed by atoms with Gasteiger partial charge in [0.2, 0.25) is 5.95 Å². The fourth-order valence-corrected chi connectivity index (χ4v) is 5.11. The Morgan fingerprint density at radius 3 is 1.61 bits per heavy atom. The SMILES string of the molecule is CCCCCCCCCCCCOc1ccc(C=Nn2cc(C)nc2N)cc1OCCCCCCCCCCCC. The van der Waals surface area contributed by atoms with Crippen molar-refractivity contribution in [1.82, 2.24) is 9.66 Å². The lowest BCUT2D eigenvalue weighted by Crippen LogP contribution is -2.04. The van der Waals surface area contributed by atoms with Crippen LogP contribution in [-0.4, -0.2) is 29.1 Å². The summed E-state index contributed by atoms with van der Waals surface area (Å²) in [7, 11) is 0. The van der Waals surface area contributed by atoms with Crippen molar-refractivity contribution >= 4 is 12.2 Å². The molecule has 0 spiro atoms. The smallest absolute Gasteiger partial charge is 0.221 e. The molecule has 2 aromatic rings. The molecule has 2 N–H and O–H groups in total. The van der Waals surface area contributed by atoms with Crippen LogP contribution in [0.4, 0.5) is 5.95 Å². The summed E-state index contributed by atoms with van der Waals surface area (Å²) in [5.74, 6) is 2.00. The number of hydrogen-bond donors (Lipinski definition) is 1. The molecule has 1 aromatic carbocycles. The predicted molar refractivity (Wildman–Crippen MR) is 175 cm³/mol. The van der Waals surface area contributed by atoms with Gasteiger partial charge in [0.05, 0.1) is 31.3 Å². The van der Waals surface area contributed by atoms with Gasteiger partial charge in [0, 0.05) is 0 Å². The van der Waals surface area contributed by atoms with E-state index < -0.39 is 0 Å². The molecule has 0 aliphatic heterocycles. The Morgan fingerprint density at radius 2 is 1.15 bits per heavy atom. The lowest BCUT2D eigenvalue weighted by molar-refractivity contribution is 0.258. The number of nitrogens with two attached hydrogens (primary N) is 1. The second-order valence-corrected chi connectivity index (χ2v) is 11.6. The van der Waals surface area contributed by atoms with Crippen LogP contribution in [0.2, 0.25) is 0 Å². The number of aromatic nitrogens is 2. The molecule has 0 atom stereocenters. The van der Waals surface area contributed by atoms with Gasteiger partial charge in [0.25, 0.3) is 0 Å². The first-order valence-corrected chi connectivity index (χ1v) is 16.9. The molecule has 0 fully saturated rings. The highest BCUT2D eigenvalue weighted by Gasteiger charge is 2.08. The van der Waals surface area contributed by atoms with Crippen LogP contribution in [0.25, 0.3) is 0 Å². The van der Waals surface area contributed by atoms with Gasteiger partial charge in [-0.25, -0.2) is 9.66 Å². The highest BCUT2D eigenvalue weighted by atomic mass is 16.5. The number of anilines is 1. The number of hydrogen-bond acceptors (Lipinski definition) is 5. The molecule has 1 aromatic heterocycles. The number of rotatable bonds is 26. The molecule has 0 radical (unpaired) electrons. The van der Waals surface area contributed by atoms with Gasteiger partial charge in [-0.15, -0.1) is 0 Å². The highest BCUT2D eigenvalue weighted by molar-refractivity contribution is 5.81. The van der Waals surface area contributed by atoms with Gasteiger partial charge in [-0.3, -0.25) is 0 Å². The molecule has 0 unspecified atom stereocenters. The molecule has 232 valence electrons. The monoisotopic (exact) mass is 568 g/mol. The van der Waals surface area contributed by atoms with Crippen molar-refractivity contribution in [3.63, 3.8) is 0 Å². The Labute approximate surface area is 251 Å². The van der Waals surface area contributed by atoms with Gasteiger partial charge < -0.3 is 15.2 Å². The van der Waals surface area contributed by atoms with Gasteiger partial charge in [-0.2, -0.15) is 5.10 Å². The van der Waals surface area contributed by atoms with Crippen LogP contribution in [0.15, 0.2) is 29.5 Å². The molecule has 6 heteroatoms. The van der Waals surface area contributed by atoms with Crippen molar-refractivity contribution < 1.29 is 9.47 Å². The van der Waals surface area contributed by atoms with Crippen molar-refractivity contribution in [3.8, 4) is 11.5 Å². The number of nitrogens with zero attached hydrogens (tertiary/aromatic N) is 3. The fourth-order valence-electron chi connectivity index (χ4n) is 5.11. The normalized spacial score (nSPS) is 11.5. The van der Waals surface area contributed by atoms with Crippen LogP contribution in [0.3, 0.4) is 0 Å². The summed E-state index contributed by atoms with van der Waals surface area (Å²) in [6.07, 6.45) is 30.0. The first-order chi connectivity index (χ1) is 20.1. The highest BCUT2D eigenvalue weighted by Crippen LogP contribution is 2.29. The van der Waals surface area contributed by atoms with E-state index in [0.29, 0.717) is 12.6 Å². The summed E-state index contributed by atoms with van der Waals surface area (Å²) < 4.78 is 14.0. The van der Waals surface area contributed by atoms with Crippen LogP contribution in [0.1, 0.15) is 154 Å². The molecular weight excluding hydrogens is 508 g/mol. The Kier molecular flexibility index (Phi) is 19.6. The van der Waals surface area contributed by atoms with E-state index in [1.807, 2.05) is 31.3 Å². The summed E-state index contributed by atoms with van der Waals surface area (Å²) in [5, 5.41) is 4.47. The third-order valence-corrected chi connectivity index (χ3v) is 7.64. The Bertz CT molecular complexity index is 940. The van der Waals surface area contributed by atoms with Crippen LogP contribution in [-0.2, 0) is 0 Å². The molecule has 0 amide bonds. The zero-order valence-corrected chi connectivity index (χ0v) is 26.7. The number of ether oxygens (including phenoxy) is 2. The molecule has 0 bridgehead atoms. The quantitative estimate of drug-likeness (QED) is 0.0904. The largest absolute Gasteiger partial charge is 0.490 e. The van der Waals surface area contributed by atoms with Crippen LogP contribution >= 0.6 is 0 Å². The van der Waals surface area contributed by atoms with E-state index in [2.05, 4.69) is 23.9 Å². The van der Waals surface area contributed by atoms with E-state index >= 15 is 0 Å². The zero-order valence-electron chi connectivity index (χ0n) is 26.7. The average Bonchev–Trinajstić information content (AvgIpc) is 3.30. The summed E-state index contributed by atoms with van der Waals surface area (Å²) in [6, 6.07) is 6.05. The molecule has 1 heterocycles. The minimum atomic E-state index is 0.382. The third-order valence-electron chi connectivity index (χ3n) is 7.64. The predicted octanol–water partition coefficient (Wildman–Crippen LogP) is 10.3. The standard InChI is InChI=1S/C35H60N4O2/c1-4-6-8-10-12-14-16-18-20-22-26-40-33-25-24-32(29-37-39-30-31(3)38-35(39)36)28-34(33)41-27-23-21-19-17-15-13-11-9-7-5-2/h24-25,28-30H,4-23,26-27H2,1-3H3,(H2,36,38). The van der Waals surface area contributed by atoms with Crippen molar-refractivity contribution in [2.75, 3.05) is 18.9 Å². The van der Waals surface area contributed by atoms with Gasteiger partial charge in [0.1, 0.15) is 0 Å². The van der Waals surface area contributed by atoms with Gasteiger partial charge in [-0.1, -0.05) is 129 Å². The summed E-state index contributed by atoms with van der Waals surface area (Å²) in [6.45, 7) is 7.89. The first-order valence-electron chi connectivity index (χ1n) is 16.9. The van der Waals surface area contributed by atoms with Gasteiger partial charge >= 0.3 is 0 Å². The van der Waals surface area contributed by atoms with Crippen molar-refractivity contribution in [2.24, 2.45) is 5.10 Å². The van der Waals surface area contributed by atoms with Crippen molar-refractivity contribution in [1.29, 1.82) is 0 Å². The second kappa shape index (κ2) is 23.1. The lowest BCUT2D eigenvalue weighted by atomic mass is 10.1. The molecule has 0 aliphatic carbocycles. The Hall–Kier alpha value is -2.50. The summed E-state index contributed by atoms with van der Waals surface area (Å²) in [4.78, 5) is 4.21. The van der Waals surface area contributed by atoms with Crippen LogP contribution in [0, 0.1) is 6.92 Å². The average molecular weight is 569 g/mol. The minimum absolute atomic E-state index is 0.382. The molecule has 6 nitrogen and oxygen atoms in total. The Balaban J connectivity index is 1.77. The zero-order chi connectivity index (χ0) is 29.4. The molecule has 2 rings (SSSR count). The van der Waals surface area contributed by atoms with E-state index in [9.17, 15) is 0 Å². The first kappa shape index (κ1) is 34.7. The fraction of sp³-hybridized carbons (Fsp3) is 0.714. The van der Waals surface area contributed by atoms with E-state index in [0.717, 1.165) is 42.2 Å². The molecule has 0 saturated carbocycles. The van der Waals surface area contributed by atoms with E-state index in [1.165, 1.54) is 116 Å². The van der Waals surface area contributed by atoms with E-state index in [1.54, 1.807) is 10.9 Å². The maximum atomic E-state index is 6.25. The number of unbranched alkanes of at least 4 members (excludes halogenated alkanes) is 18.